The van der Waals surface area contributed by atoms with E-state index in [1.807, 2.05) is 20.9 Å². The highest BCUT2D eigenvalue weighted by Crippen LogP contribution is 2.40. The number of aliphatic hydroxyl groups is 1. The molecule has 0 spiro atoms. The molecule has 1 aliphatic rings. The first-order valence-corrected chi connectivity index (χ1v) is 8.34. The van der Waals surface area contributed by atoms with Crippen molar-refractivity contribution in [2.45, 2.75) is 38.3 Å². The summed E-state index contributed by atoms with van der Waals surface area (Å²) in [5, 5.41) is 20.2. The van der Waals surface area contributed by atoms with Gasteiger partial charge in [0.25, 0.3) is 0 Å². The molecule has 1 aromatic heterocycles. The third-order valence-corrected chi connectivity index (χ3v) is 4.76. The van der Waals surface area contributed by atoms with Crippen LogP contribution in [-0.2, 0) is 7.05 Å². The maximum Gasteiger partial charge on any atom is 0.315 e. The van der Waals surface area contributed by atoms with Crippen molar-refractivity contribution in [3.05, 3.63) is 52.6 Å². The first kappa shape index (κ1) is 17.4. The monoisotopic (exact) mass is 346 g/mol. The molecule has 0 saturated heterocycles. The van der Waals surface area contributed by atoms with Gasteiger partial charge in [-0.15, -0.1) is 0 Å². The average Bonchev–Trinajstić information content (AvgIpc) is 3.26. The number of amides is 2. The highest BCUT2D eigenvalue weighted by Gasteiger charge is 2.39. The molecule has 6 nitrogen and oxygen atoms in total. The zero-order valence-electron chi connectivity index (χ0n) is 14.6. The first-order valence-electron chi connectivity index (χ1n) is 8.34. The van der Waals surface area contributed by atoms with Gasteiger partial charge in [0, 0.05) is 36.8 Å². The molecular weight excluding hydrogens is 323 g/mol. The van der Waals surface area contributed by atoms with E-state index in [2.05, 4.69) is 15.7 Å². The van der Waals surface area contributed by atoms with Crippen LogP contribution in [0.1, 0.15) is 41.0 Å². The van der Waals surface area contributed by atoms with Crippen LogP contribution in [0.5, 0.6) is 0 Å². The van der Waals surface area contributed by atoms with Gasteiger partial charge in [0.1, 0.15) is 5.82 Å². The number of benzene rings is 1. The number of hydrogen-bond acceptors (Lipinski definition) is 3. The van der Waals surface area contributed by atoms with Crippen molar-refractivity contribution in [1.29, 1.82) is 0 Å². The topological polar surface area (TPSA) is 79.2 Å². The molecule has 2 amide bonds. The van der Waals surface area contributed by atoms with Gasteiger partial charge in [0.15, 0.2) is 0 Å². The molecule has 2 aromatic rings. The number of nitrogens with one attached hydrogen (secondary N) is 2. The predicted molar refractivity (Wildman–Crippen MR) is 91.7 cm³/mol. The second-order valence-corrected chi connectivity index (χ2v) is 6.58. The molecule has 1 aliphatic carbocycles. The van der Waals surface area contributed by atoms with Crippen LogP contribution in [-0.4, -0.2) is 33.5 Å². The van der Waals surface area contributed by atoms with Crippen LogP contribution in [0.15, 0.2) is 24.3 Å². The molecule has 0 radical (unpaired) electrons. The lowest BCUT2D eigenvalue weighted by Gasteiger charge is -2.13. The third kappa shape index (κ3) is 3.82. The number of hydrogen-bond donors (Lipinski definition) is 3. The van der Waals surface area contributed by atoms with E-state index in [-0.39, 0.29) is 30.4 Å². The molecule has 3 rings (SSSR count). The molecule has 0 aliphatic heterocycles. The predicted octanol–water partition coefficient (Wildman–Crippen LogP) is 2.06. The Morgan fingerprint density at radius 1 is 1.40 bits per heavy atom. The normalized spacial score (nSPS) is 20.2. The van der Waals surface area contributed by atoms with Gasteiger partial charge in [-0.25, -0.2) is 9.18 Å². The van der Waals surface area contributed by atoms with Gasteiger partial charge in [0.2, 0.25) is 0 Å². The molecule has 1 saturated carbocycles. The van der Waals surface area contributed by atoms with E-state index in [1.165, 1.54) is 12.1 Å². The Morgan fingerprint density at radius 2 is 2.08 bits per heavy atom. The van der Waals surface area contributed by atoms with Crippen molar-refractivity contribution in [1.82, 2.24) is 20.4 Å². The molecule has 1 unspecified atom stereocenters. The van der Waals surface area contributed by atoms with E-state index in [0.717, 1.165) is 28.9 Å². The van der Waals surface area contributed by atoms with Gasteiger partial charge in [0.05, 0.1) is 11.8 Å². The van der Waals surface area contributed by atoms with Crippen molar-refractivity contribution >= 4 is 6.03 Å². The summed E-state index contributed by atoms with van der Waals surface area (Å²) in [6, 6.07) is 6.09. The average molecular weight is 346 g/mol. The van der Waals surface area contributed by atoms with Crippen LogP contribution in [0.4, 0.5) is 9.18 Å². The van der Waals surface area contributed by atoms with Gasteiger partial charge >= 0.3 is 6.03 Å². The maximum absolute atomic E-state index is 12.9. The third-order valence-electron chi connectivity index (χ3n) is 4.76. The van der Waals surface area contributed by atoms with E-state index < -0.39 is 6.10 Å². The second kappa shape index (κ2) is 6.84. The SMILES string of the molecule is Cc1nn(C)c(C)c1C(O)CNC(=O)N[C@@H]1C[C@H]1c1ccc(F)cc1. The number of nitrogens with zero attached hydrogens (tertiary/aromatic N) is 2. The molecule has 0 bridgehead atoms. The van der Waals surface area contributed by atoms with Crippen LogP contribution < -0.4 is 10.6 Å². The number of carbonyl (C=O) groups is 1. The summed E-state index contributed by atoms with van der Waals surface area (Å²) in [5.41, 5.74) is 3.41. The van der Waals surface area contributed by atoms with Crippen molar-refractivity contribution in [3.8, 4) is 0 Å². The summed E-state index contributed by atoms with van der Waals surface area (Å²) in [7, 11) is 1.82. The van der Waals surface area contributed by atoms with Crippen molar-refractivity contribution in [2.75, 3.05) is 6.54 Å². The molecule has 1 fully saturated rings. The lowest BCUT2D eigenvalue weighted by Crippen LogP contribution is -2.39. The zero-order chi connectivity index (χ0) is 18.1. The van der Waals surface area contributed by atoms with E-state index in [0.29, 0.717) is 0 Å². The molecule has 25 heavy (non-hydrogen) atoms. The maximum atomic E-state index is 12.9. The molecule has 1 heterocycles. The minimum absolute atomic E-state index is 0.0458. The van der Waals surface area contributed by atoms with E-state index in [9.17, 15) is 14.3 Å². The summed E-state index contributed by atoms with van der Waals surface area (Å²) in [6.45, 7) is 3.84. The van der Waals surface area contributed by atoms with E-state index in [4.69, 9.17) is 0 Å². The summed E-state index contributed by atoms with van der Waals surface area (Å²) >= 11 is 0. The Kier molecular flexibility index (Phi) is 4.76. The van der Waals surface area contributed by atoms with Gasteiger partial charge < -0.3 is 15.7 Å². The fraction of sp³-hybridized carbons (Fsp3) is 0.444. The number of carbonyl (C=O) groups excluding carboxylic acids is 1. The van der Waals surface area contributed by atoms with Gasteiger partial charge in [-0.2, -0.15) is 5.10 Å². The van der Waals surface area contributed by atoms with Crippen LogP contribution in [0, 0.1) is 19.7 Å². The van der Waals surface area contributed by atoms with Crippen molar-refractivity contribution in [2.24, 2.45) is 7.05 Å². The molecule has 1 aromatic carbocycles. The Labute approximate surface area is 146 Å². The molecule has 3 atom stereocenters. The Morgan fingerprint density at radius 3 is 2.68 bits per heavy atom. The van der Waals surface area contributed by atoms with E-state index >= 15 is 0 Å². The van der Waals surface area contributed by atoms with Gasteiger partial charge in [-0.1, -0.05) is 12.1 Å². The molecule has 3 N–H and O–H groups in total. The Balaban J connectivity index is 1.48. The van der Waals surface area contributed by atoms with E-state index in [1.54, 1.807) is 16.8 Å². The lowest BCUT2D eigenvalue weighted by molar-refractivity contribution is 0.171. The van der Waals surface area contributed by atoms with Gasteiger partial charge in [-0.3, -0.25) is 4.68 Å². The first-order chi connectivity index (χ1) is 11.9. The Hall–Kier alpha value is -2.41. The minimum atomic E-state index is -0.799. The molecule has 134 valence electrons. The van der Waals surface area contributed by atoms with Crippen molar-refractivity contribution < 1.29 is 14.3 Å². The zero-order valence-corrected chi connectivity index (χ0v) is 14.6. The molecular formula is C18H23FN4O2. The second-order valence-electron chi connectivity index (χ2n) is 6.58. The largest absolute Gasteiger partial charge is 0.386 e. The quantitative estimate of drug-likeness (QED) is 0.775. The number of aliphatic hydroxyl groups excluding tert-OH is 1. The number of rotatable bonds is 5. The molecule has 7 heteroatoms. The van der Waals surface area contributed by atoms with Crippen LogP contribution in [0.3, 0.4) is 0 Å². The number of aromatic nitrogens is 2. The summed E-state index contributed by atoms with van der Waals surface area (Å²) in [5.74, 6) is -0.0410. The summed E-state index contributed by atoms with van der Waals surface area (Å²) in [6.07, 6.45) is 0.0362. The smallest absolute Gasteiger partial charge is 0.315 e. The Bertz CT molecular complexity index is 772. The minimum Gasteiger partial charge on any atom is -0.386 e. The van der Waals surface area contributed by atoms with Crippen LogP contribution in [0.2, 0.25) is 0 Å². The highest BCUT2D eigenvalue weighted by atomic mass is 19.1. The number of urea groups is 1. The van der Waals surface area contributed by atoms with Crippen LogP contribution in [0.25, 0.3) is 0 Å². The fourth-order valence-electron chi connectivity index (χ4n) is 3.22. The van der Waals surface area contributed by atoms with Crippen molar-refractivity contribution in [3.63, 3.8) is 0 Å². The number of aryl methyl sites for hydroxylation is 2. The summed E-state index contributed by atoms with van der Waals surface area (Å²) < 4.78 is 14.7. The number of halogens is 1. The van der Waals surface area contributed by atoms with Crippen LogP contribution >= 0.6 is 0 Å². The highest BCUT2D eigenvalue weighted by molar-refractivity contribution is 5.75. The summed E-state index contributed by atoms with van der Waals surface area (Å²) in [4.78, 5) is 12.0. The lowest BCUT2D eigenvalue weighted by atomic mass is 10.1. The fourth-order valence-corrected chi connectivity index (χ4v) is 3.22. The van der Waals surface area contributed by atoms with Gasteiger partial charge in [-0.05, 0) is 38.0 Å². The standard InChI is InChI=1S/C18H23FN4O2/c1-10-17(11(2)23(3)22-10)16(24)9-20-18(25)21-15-8-14(15)12-4-6-13(19)7-5-12/h4-7,14-16,24H,8-9H2,1-3H3,(H2,20,21,25)/t14-,15+,16?/m0/s1.